The van der Waals surface area contributed by atoms with Crippen molar-refractivity contribution in [2.45, 2.75) is 16.2 Å². The molecule has 24 heavy (non-hydrogen) atoms. The van der Waals surface area contributed by atoms with Gasteiger partial charge in [-0.05, 0) is 24.3 Å². The van der Waals surface area contributed by atoms with E-state index in [4.69, 9.17) is 4.74 Å². The van der Waals surface area contributed by atoms with Crippen LogP contribution in [0.5, 0.6) is 0 Å². The minimum Gasteiger partial charge on any atom is -0.379 e. The summed E-state index contributed by atoms with van der Waals surface area (Å²) < 4.78 is 5.36. The molecule has 2 aliphatic heterocycles. The number of nitrogens with zero attached hydrogens (tertiary/aromatic N) is 1. The van der Waals surface area contributed by atoms with E-state index in [1.807, 2.05) is 24.3 Å². The Kier molecular flexibility index (Phi) is 4.56. The molecule has 2 heterocycles. The molecule has 124 valence electrons. The maximum atomic E-state index is 12.8. The molecule has 0 spiro atoms. The van der Waals surface area contributed by atoms with Crippen molar-refractivity contribution in [3.05, 3.63) is 48.0 Å². The lowest BCUT2D eigenvalue weighted by Crippen LogP contribution is -2.37. The number of ketones is 1. The molecule has 2 aromatic carbocycles. The molecule has 0 atom stereocenters. The van der Waals surface area contributed by atoms with Crippen LogP contribution in [0.2, 0.25) is 0 Å². The molecule has 4 rings (SSSR count). The molecular formula is C19H20N2O2S. The Hall–Kier alpha value is -1.82. The highest BCUT2D eigenvalue weighted by molar-refractivity contribution is 7.99. The normalized spacial score (nSPS) is 16.8. The number of morpholine rings is 1. The molecular weight excluding hydrogens is 320 g/mol. The van der Waals surface area contributed by atoms with Crippen molar-refractivity contribution in [1.82, 2.24) is 4.90 Å². The fourth-order valence-corrected chi connectivity index (χ4v) is 4.13. The van der Waals surface area contributed by atoms with Gasteiger partial charge in [-0.15, -0.1) is 0 Å². The van der Waals surface area contributed by atoms with Gasteiger partial charge in [-0.3, -0.25) is 9.69 Å². The molecule has 0 saturated carbocycles. The van der Waals surface area contributed by atoms with Crippen LogP contribution in [0.15, 0.2) is 52.3 Å². The van der Waals surface area contributed by atoms with E-state index >= 15 is 0 Å². The lowest BCUT2D eigenvalue weighted by Gasteiger charge is -2.26. The summed E-state index contributed by atoms with van der Waals surface area (Å²) in [5, 5.41) is 3.45. The average molecular weight is 340 g/mol. The summed E-state index contributed by atoms with van der Waals surface area (Å²) >= 11 is 1.72. The minimum atomic E-state index is 0.200. The summed E-state index contributed by atoms with van der Waals surface area (Å²) in [5.74, 6) is 0.200. The minimum absolute atomic E-state index is 0.200. The first-order valence-electron chi connectivity index (χ1n) is 8.31. The van der Waals surface area contributed by atoms with Crippen molar-refractivity contribution in [2.24, 2.45) is 0 Å². The number of hydrogen-bond donors (Lipinski definition) is 1. The number of rotatable bonds is 4. The fourth-order valence-electron chi connectivity index (χ4n) is 3.11. The Morgan fingerprint density at radius 3 is 2.75 bits per heavy atom. The van der Waals surface area contributed by atoms with Gasteiger partial charge >= 0.3 is 0 Å². The Morgan fingerprint density at radius 2 is 1.88 bits per heavy atom. The van der Waals surface area contributed by atoms with Crippen LogP contribution < -0.4 is 5.32 Å². The number of benzene rings is 2. The van der Waals surface area contributed by atoms with Gasteiger partial charge in [0.25, 0.3) is 0 Å². The number of fused-ring (bicyclic) bond motifs is 2. The van der Waals surface area contributed by atoms with Crippen LogP contribution in [-0.4, -0.2) is 43.5 Å². The first kappa shape index (κ1) is 15.7. The fraction of sp³-hybridized carbons (Fsp3) is 0.316. The zero-order chi connectivity index (χ0) is 16.4. The Labute approximate surface area is 146 Å². The smallest absolute Gasteiger partial charge is 0.166 e. The zero-order valence-electron chi connectivity index (χ0n) is 13.5. The van der Waals surface area contributed by atoms with Crippen molar-refractivity contribution >= 4 is 28.9 Å². The molecule has 0 aliphatic carbocycles. The highest BCUT2D eigenvalue weighted by atomic mass is 32.2. The maximum absolute atomic E-state index is 12.8. The van der Waals surface area contributed by atoms with Gasteiger partial charge in [0, 0.05) is 41.4 Å². The van der Waals surface area contributed by atoms with E-state index in [1.54, 1.807) is 11.8 Å². The lowest BCUT2D eigenvalue weighted by atomic mass is 10.0. The summed E-state index contributed by atoms with van der Waals surface area (Å²) in [6, 6.07) is 14.2. The van der Waals surface area contributed by atoms with E-state index in [1.165, 1.54) is 4.90 Å². The Bertz CT molecular complexity index is 757. The number of nitrogens with one attached hydrogen (secondary N) is 1. The van der Waals surface area contributed by atoms with E-state index in [9.17, 15) is 4.79 Å². The molecule has 1 fully saturated rings. The first-order chi connectivity index (χ1) is 11.8. The third-order valence-electron chi connectivity index (χ3n) is 4.45. The second-order valence-electron chi connectivity index (χ2n) is 6.03. The second kappa shape index (κ2) is 6.97. The number of anilines is 2. The molecule has 2 aromatic rings. The SMILES string of the molecule is O=C(CCN1CCOCC1)c1cccc2c1Nc1ccccc1S2. The van der Waals surface area contributed by atoms with Crippen LogP contribution in [0.3, 0.4) is 0 Å². The molecule has 0 unspecified atom stereocenters. The molecule has 4 nitrogen and oxygen atoms in total. The third kappa shape index (κ3) is 3.20. The zero-order valence-corrected chi connectivity index (χ0v) is 14.3. The van der Waals surface area contributed by atoms with Crippen molar-refractivity contribution in [2.75, 3.05) is 38.2 Å². The average Bonchev–Trinajstić information content (AvgIpc) is 2.64. The molecule has 5 heteroatoms. The number of carbonyl (C=O) groups excluding carboxylic acids is 1. The van der Waals surface area contributed by atoms with Crippen LogP contribution in [-0.2, 0) is 4.74 Å². The molecule has 1 saturated heterocycles. The molecule has 0 radical (unpaired) electrons. The van der Waals surface area contributed by atoms with Crippen LogP contribution in [0.4, 0.5) is 11.4 Å². The van der Waals surface area contributed by atoms with Gasteiger partial charge in [0.05, 0.1) is 24.6 Å². The summed E-state index contributed by atoms with van der Waals surface area (Å²) in [4.78, 5) is 17.4. The van der Waals surface area contributed by atoms with E-state index in [0.29, 0.717) is 6.42 Å². The summed E-state index contributed by atoms with van der Waals surface area (Å²) in [6.07, 6.45) is 0.546. The van der Waals surface area contributed by atoms with Gasteiger partial charge < -0.3 is 10.1 Å². The van der Waals surface area contributed by atoms with Gasteiger partial charge in [0.2, 0.25) is 0 Å². The van der Waals surface area contributed by atoms with Crippen molar-refractivity contribution < 1.29 is 9.53 Å². The van der Waals surface area contributed by atoms with Gasteiger partial charge in [0.1, 0.15) is 0 Å². The van der Waals surface area contributed by atoms with Gasteiger partial charge in [-0.1, -0.05) is 30.0 Å². The van der Waals surface area contributed by atoms with E-state index in [0.717, 1.165) is 54.7 Å². The quantitative estimate of drug-likeness (QED) is 0.732. The standard InChI is InChI=1S/C19H20N2O2S/c22-16(8-9-21-10-12-23-13-11-21)14-4-3-7-18-19(14)20-15-5-1-2-6-17(15)24-18/h1-7,20H,8-13H2. The predicted octanol–water partition coefficient (Wildman–Crippen LogP) is 3.80. The first-order valence-corrected chi connectivity index (χ1v) is 9.13. The Balaban J connectivity index is 1.51. The topological polar surface area (TPSA) is 41.6 Å². The monoisotopic (exact) mass is 340 g/mol. The molecule has 0 amide bonds. The molecule has 0 bridgehead atoms. The number of ether oxygens (including phenoxy) is 1. The summed E-state index contributed by atoms with van der Waals surface area (Å²) in [5.41, 5.74) is 2.82. The van der Waals surface area contributed by atoms with Crippen LogP contribution >= 0.6 is 11.8 Å². The van der Waals surface area contributed by atoms with Gasteiger partial charge in [-0.25, -0.2) is 0 Å². The lowest BCUT2D eigenvalue weighted by molar-refractivity contribution is 0.0370. The number of carbonyl (C=O) groups is 1. The highest BCUT2D eigenvalue weighted by Gasteiger charge is 2.21. The van der Waals surface area contributed by atoms with Gasteiger partial charge in [-0.2, -0.15) is 0 Å². The number of hydrogen-bond acceptors (Lipinski definition) is 5. The van der Waals surface area contributed by atoms with Crippen molar-refractivity contribution in [1.29, 1.82) is 0 Å². The summed E-state index contributed by atoms with van der Waals surface area (Å²) in [7, 11) is 0. The number of Topliss-reactive ketones (excluding diaryl/α,β-unsaturated/α-hetero) is 1. The molecule has 0 aromatic heterocycles. The summed E-state index contributed by atoms with van der Waals surface area (Å²) in [6.45, 7) is 4.17. The second-order valence-corrected chi connectivity index (χ2v) is 7.11. The maximum Gasteiger partial charge on any atom is 0.166 e. The van der Waals surface area contributed by atoms with Crippen LogP contribution in [0.1, 0.15) is 16.8 Å². The predicted molar refractivity (Wildman–Crippen MR) is 96.5 cm³/mol. The third-order valence-corrected chi connectivity index (χ3v) is 5.59. The largest absolute Gasteiger partial charge is 0.379 e. The highest BCUT2D eigenvalue weighted by Crippen LogP contribution is 2.45. The Morgan fingerprint density at radius 1 is 1.08 bits per heavy atom. The number of para-hydroxylation sites is 2. The van der Waals surface area contributed by atoms with E-state index < -0.39 is 0 Å². The van der Waals surface area contributed by atoms with Gasteiger partial charge in [0.15, 0.2) is 5.78 Å². The molecule has 1 N–H and O–H groups in total. The van der Waals surface area contributed by atoms with Crippen molar-refractivity contribution in [3.63, 3.8) is 0 Å². The molecule has 2 aliphatic rings. The van der Waals surface area contributed by atoms with Crippen molar-refractivity contribution in [3.8, 4) is 0 Å². The van der Waals surface area contributed by atoms with Crippen LogP contribution in [0, 0.1) is 0 Å². The van der Waals surface area contributed by atoms with E-state index in [2.05, 4.69) is 28.4 Å². The van der Waals surface area contributed by atoms with E-state index in [-0.39, 0.29) is 5.78 Å². The van der Waals surface area contributed by atoms with Crippen LogP contribution in [0.25, 0.3) is 0 Å².